The highest BCUT2D eigenvalue weighted by atomic mass is 16.5. The molecule has 5 nitrogen and oxygen atoms in total. The predicted octanol–water partition coefficient (Wildman–Crippen LogP) is 1.76. The maximum Gasteiger partial charge on any atom is 0.203 e. The van der Waals surface area contributed by atoms with Gasteiger partial charge in [0.2, 0.25) is 5.75 Å². The first kappa shape index (κ1) is 14.0. The highest BCUT2D eigenvalue weighted by Gasteiger charge is 2.23. The van der Waals surface area contributed by atoms with Crippen molar-refractivity contribution in [2.24, 2.45) is 0 Å². The van der Waals surface area contributed by atoms with Crippen LogP contribution < -0.4 is 19.5 Å². The van der Waals surface area contributed by atoms with Crippen molar-refractivity contribution < 1.29 is 18.9 Å². The number of benzene rings is 1. The third-order valence-corrected chi connectivity index (χ3v) is 3.26. The lowest BCUT2D eigenvalue weighted by Crippen LogP contribution is -2.40. The van der Waals surface area contributed by atoms with Crippen LogP contribution in [0.5, 0.6) is 17.2 Å². The van der Waals surface area contributed by atoms with Gasteiger partial charge in [0.15, 0.2) is 11.5 Å². The molecule has 2 unspecified atom stereocenters. The summed E-state index contributed by atoms with van der Waals surface area (Å²) in [6, 6.07) is 4.26. The Labute approximate surface area is 113 Å². The smallest absolute Gasteiger partial charge is 0.203 e. The fourth-order valence-electron chi connectivity index (χ4n) is 2.19. The molecule has 2 atom stereocenters. The Morgan fingerprint density at radius 1 is 1.11 bits per heavy atom. The van der Waals surface area contributed by atoms with E-state index in [0.717, 1.165) is 12.1 Å². The molecule has 1 heterocycles. The first-order valence-corrected chi connectivity index (χ1v) is 6.34. The van der Waals surface area contributed by atoms with Gasteiger partial charge in [-0.05, 0) is 24.6 Å². The largest absolute Gasteiger partial charge is 0.493 e. The van der Waals surface area contributed by atoms with E-state index in [4.69, 9.17) is 18.9 Å². The van der Waals surface area contributed by atoms with Crippen molar-refractivity contribution in [2.75, 3.05) is 34.5 Å². The molecule has 1 saturated heterocycles. The normalized spacial score (nSPS) is 22.9. The molecule has 2 rings (SSSR count). The van der Waals surface area contributed by atoms with E-state index in [1.54, 1.807) is 21.3 Å². The van der Waals surface area contributed by atoms with Crippen LogP contribution in [0.15, 0.2) is 12.1 Å². The third-order valence-electron chi connectivity index (χ3n) is 3.26. The van der Waals surface area contributed by atoms with Gasteiger partial charge >= 0.3 is 0 Å². The van der Waals surface area contributed by atoms with Gasteiger partial charge in [-0.3, -0.25) is 0 Å². The molecule has 0 bridgehead atoms. The summed E-state index contributed by atoms with van der Waals surface area (Å²) in [7, 11) is 4.83. The van der Waals surface area contributed by atoms with Crippen LogP contribution in [0.3, 0.4) is 0 Å². The summed E-state index contributed by atoms with van der Waals surface area (Å²) in [6.45, 7) is 3.58. The molecule has 0 radical (unpaired) electrons. The van der Waals surface area contributed by atoms with Crippen LogP contribution >= 0.6 is 0 Å². The Morgan fingerprint density at radius 3 is 2.16 bits per heavy atom. The topological polar surface area (TPSA) is 49.0 Å². The Bertz CT molecular complexity index is 402. The Balaban J connectivity index is 2.30. The number of hydrogen-bond acceptors (Lipinski definition) is 5. The average molecular weight is 267 g/mol. The lowest BCUT2D eigenvalue weighted by Gasteiger charge is -2.29. The highest BCUT2D eigenvalue weighted by Crippen LogP contribution is 2.40. The van der Waals surface area contributed by atoms with Gasteiger partial charge in [0.05, 0.1) is 34.0 Å². The summed E-state index contributed by atoms with van der Waals surface area (Å²) in [5.74, 6) is 1.91. The first-order valence-electron chi connectivity index (χ1n) is 6.34. The summed E-state index contributed by atoms with van der Waals surface area (Å²) < 4.78 is 21.8. The summed E-state index contributed by atoms with van der Waals surface area (Å²) in [5, 5.41) is 3.40. The van der Waals surface area contributed by atoms with E-state index in [9.17, 15) is 0 Å². The van der Waals surface area contributed by atoms with Crippen LogP contribution in [-0.4, -0.2) is 40.5 Å². The molecule has 0 amide bonds. The third kappa shape index (κ3) is 2.93. The van der Waals surface area contributed by atoms with E-state index in [1.807, 2.05) is 12.1 Å². The number of morpholine rings is 1. The second-order valence-corrected chi connectivity index (χ2v) is 4.59. The van der Waals surface area contributed by atoms with Crippen LogP contribution in [0.2, 0.25) is 0 Å². The fourth-order valence-corrected chi connectivity index (χ4v) is 2.19. The Kier molecular flexibility index (Phi) is 4.50. The van der Waals surface area contributed by atoms with Crippen LogP contribution in [0.25, 0.3) is 0 Å². The van der Waals surface area contributed by atoms with E-state index in [2.05, 4.69) is 12.2 Å². The molecule has 1 aromatic carbocycles. The lowest BCUT2D eigenvalue weighted by molar-refractivity contribution is 0.00671. The van der Waals surface area contributed by atoms with E-state index in [-0.39, 0.29) is 6.10 Å². The summed E-state index contributed by atoms with van der Waals surface area (Å²) in [5.41, 5.74) is 1.02. The van der Waals surface area contributed by atoms with Gasteiger partial charge in [-0.15, -0.1) is 0 Å². The number of ether oxygens (including phenoxy) is 4. The zero-order valence-electron chi connectivity index (χ0n) is 11.9. The Hall–Kier alpha value is -1.46. The maximum absolute atomic E-state index is 5.83. The molecular weight excluding hydrogens is 246 g/mol. The molecule has 1 aliphatic rings. The zero-order chi connectivity index (χ0) is 13.8. The van der Waals surface area contributed by atoms with Crippen molar-refractivity contribution in [2.45, 2.75) is 19.1 Å². The van der Waals surface area contributed by atoms with Crippen LogP contribution in [0.4, 0.5) is 0 Å². The van der Waals surface area contributed by atoms with Crippen LogP contribution in [0, 0.1) is 0 Å². The molecule has 1 aromatic rings. The molecule has 106 valence electrons. The highest BCUT2D eigenvalue weighted by molar-refractivity contribution is 5.54. The predicted molar refractivity (Wildman–Crippen MR) is 72.3 cm³/mol. The van der Waals surface area contributed by atoms with Crippen molar-refractivity contribution in [1.82, 2.24) is 5.32 Å². The van der Waals surface area contributed by atoms with E-state index < -0.39 is 0 Å². The second-order valence-electron chi connectivity index (χ2n) is 4.59. The molecule has 0 aliphatic carbocycles. The average Bonchev–Trinajstić information content (AvgIpc) is 2.46. The molecule has 0 saturated carbocycles. The lowest BCUT2D eigenvalue weighted by atomic mass is 10.1. The number of methoxy groups -OCH3 is 3. The standard InChI is InChI=1S/C14H21NO4/c1-9-8-19-13(7-15-9)10-5-11(16-2)14(18-4)12(6-10)17-3/h5-6,9,13,15H,7-8H2,1-4H3. The molecular formula is C14H21NO4. The van der Waals surface area contributed by atoms with Crippen molar-refractivity contribution in [3.63, 3.8) is 0 Å². The molecule has 19 heavy (non-hydrogen) atoms. The van der Waals surface area contributed by atoms with Crippen molar-refractivity contribution >= 4 is 0 Å². The number of rotatable bonds is 4. The first-order chi connectivity index (χ1) is 9.19. The summed E-state index contributed by atoms with van der Waals surface area (Å²) in [6.07, 6.45) is 0.00454. The summed E-state index contributed by atoms with van der Waals surface area (Å²) in [4.78, 5) is 0. The SMILES string of the molecule is COc1cc(C2CNC(C)CO2)cc(OC)c1OC. The second kappa shape index (κ2) is 6.12. The van der Waals surface area contributed by atoms with Gasteiger partial charge in [0, 0.05) is 12.6 Å². The number of hydrogen-bond donors (Lipinski definition) is 1. The summed E-state index contributed by atoms with van der Waals surface area (Å²) >= 11 is 0. The zero-order valence-corrected chi connectivity index (χ0v) is 11.9. The van der Waals surface area contributed by atoms with Gasteiger partial charge in [0.1, 0.15) is 0 Å². The maximum atomic E-state index is 5.83. The monoisotopic (exact) mass is 267 g/mol. The molecule has 1 fully saturated rings. The minimum atomic E-state index is 0.00454. The molecule has 0 spiro atoms. The minimum Gasteiger partial charge on any atom is -0.493 e. The van der Waals surface area contributed by atoms with Crippen LogP contribution in [0.1, 0.15) is 18.6 Å². The van der Waals surface area contributed by atoms with Gasteiger partial charge < -0.3 is 24.3 Å². The van der Waals surface area contributed by atoms with Gasteiger partial charge in [0.25, 0.3) is 0 Å². The molecule has 1 aliphatic heterocycles. The van der Waals surface area contributed by atoms with E-state index in [0.29, 0.717) is 29.9 Å². The Morgan fingerprint density at radius 2 is 1.74 bits per heavy atom. The van der Waals surface area contributed by atoms with Gasteiger partial charge in [-0.25, -0.2) is 0 Å². The van der Waals surface area contributed by atoms with Crippen LogP contribution in [-0.2, 0) is 4.74 Å². The number of nitrogens with one attached hydrogen (secondary N) is 1. The molecule has 5 heteroatoms. The fraction of sp³-hybridized carbons (Fsp3) is 0.571. The van der Waals surface area contributed by atoms with E-state index >= 15 is 0 Å². The van der Waals surface area contributed by atoms with Crippen molar-refractivity contribution in [3.05, 3.63) is 17.7 Å². The van der Waals surface area contributed by atoms with Crippen molar-refractivity contribution in [1.29, 1.82) is 0 Å². The van der Waals surface area contributed by atoms with Gasteiger partial charge in [-0.2, -0.15) is 0 Å². The minimum absolute atomic E-state index is 0.00454. The quantitative estimate of drug-likeness (QED) is 0.901. The van der Waals surface area contributed by atoms with Crippen molar-refractivity contribution in [3.8, 4) is 17.2 Å². The van der Waals surface area contributed by atoms with E-state index in [1.165, 1.54) is 0 Å². The van der Waals surface area contributed by atoms with Gasteiger partial charge in [-0.1, -0.05) is 0 Å². The molecule has 1 N–H and O–H groups in total. The molecule has 0 aromatic heterocycles.